The molecule has 0 radical (unpaired) electrons. The van der Waals surface area contributed by atoms with E-state index in [0.29, 0.717) is 42.4 Å². The number of benzene rings is 1. The molecule has 0 aromatic heterocycles. The van der Waals surface area contributed by atoms with E-state index in [1.165, 1.54) is 0 Å². The van der Waals surface area contributed by atoms with E-state index in [4.69, 9.17) is 4.43 Å². The molecule has 1 aliphatic rings. The lowest BCUT2D eigenvalue weighted by atomic mass is 10.1. The number of nitrogens with one attached hydrogen (secondary N) is 1. The maximum absolute atomic E-state index is 13.5. The average Bonchev–Trinajstić information content (AvgIpc) is 3.12. The van der Waals surface area contributed by atoms with Gasteiger partial charge in [0.05, 0.1) is 6.10 Å². The minimum Gasteiger partial charge on any atom is -0.410 e. The number of likely N-dealkylation sites (tertiary alicyclic amines) is 1. The van der Waals surface area contributed by atoms with Gasteiger partial charge in [-0.25, -0.2) is 0 Å². The summed E-state index contributed by atoms with van der Waals surface area (Å²) in [5, 5.41) is 3.13. The summed E-state index contributed by atoms with van der Waals surface area (Å²) in [7, 11) is -2.19. The third-order valence-electron chi connectivity index (χ3n) is 6.96. The molecule has 2 amide bonds. The minimum absolute atomic E-state index is 0.0323. The van der Waals surface area contributed by atoms with Crippen molar-refractivity contribution in [2.24, 2.45) is 0 Å². The lowest BCUT2D eigenvalue weighted by Gasteiger charge is -2.45. The Bertz CT molecular complexity index is 765. The van der Waals surface area contributed by atoms with Gasteiger partial charge in [-0.15, -0.1) is 0 Å². The summed E-state index contributed by atoms with van der Waals surface area (Å²) < 4.78 is 7.06. The van der Waals surface area contributed by atoms with Gasteiger partial charge in [-0.05, 0) is 55.8 Å². The Labute approximate surface area is 202 Å². The second-order valence-electron chi connectivity index (χ2n) is 11.5. The quantitative estimate of drug-likeness (QED) is 0.467. The maximum Gasteiger partial charge on any atom is 0.245 e. The zero-order chi connectivity index (χ0) is 25.0. The topological polar surface area (TPSA) is 58.6 Å². The summed E-state index contributed by atoms with van der Waals surface area (Å²) >= 11 is 0. The number of carbonyl (C=O) groups is 2. The molecule has 0 aliphatic carbocycles. The molecule has 1 saturated heterocycles. The van der Waals surface area contributed by atoms with Crippen LogP contribution in [-0.4, -0.2) is 49.3 Å². The Balaban J connectivity index is 2.30. The lowest BCUT2D eigenvalue weighted by Crippen LogP contribution is -2.58. The monoisotopic (exact) mass is 474 g/mol. The van der Waals surface area contributed by atoms with Crippen molar-refractivity contribution in [3.8, 4) is 0 Å². The zero-order valence-corrected chi connectivity index (χ0v) is 23.3. The molecule has 5 nitrogen and oxygen atoms in total. The first-order chi connectivity index (χ1) is 15.3. The van der Waals surface area contributed by atoms with Gasteiger partial charge < -0.3 is 14.6 Å². The van der Waals surface area contributed by atoms with Gasteiger partial charge in [0, 0.05) is 18.5 Å². The highest BCUT2D eigenvalue weighted by molar-refractivity contribution is 6.77. The van der Waals surface area contributed by atoms with Gasteiger partial charge in [0.2, 0.25) is 20.1 Å². The van der Waals surface area contributed by atoms with Crippen LogP contribution in [-0.2, 0) is 20.4 Å². The van der Waals surface area contributed by atoms with Crippen molar-refractivity contribution >= 4 is 20.1 Å². The predicted molar refractivity (Wildman–Crippen MR) is 139 cm³/mol. The molecule has 1 N–H and O–H groups in total. The van der Waals surface area contributed by atoms with E-state index >= 15 is 0 Å². The second kappa shape index (κ2) is 11.2. The maximum atomic E-state index is 13.5. The van der Waals surface area contributed by atoms with Gasteiger partial charge >= 0.3 is 0 Å². The Morgan fingerprint density at radius 2 is 1.58 bits per heavy atom. The molecule has 33 heavy (non-hydrogen) atoms. The highest BCUT2D eigenvalue weighted by atomic mass is 28.4. The normalized spacial score (nSPS) is 19.6. The van der Waals surface area contributed by atoms with Crippen molar-refractivity contribution in [2.45, 2.75) is 116 Å². The first-order valence-corrected chi connectivity index (χ1v) is 14.8. The van der Waals surface area contributed by atoms with Gasteiger partial charge in [0.1, 0.15) is 6.04 Å². The highest BCUT2D eigenvalue weighted by Crippen LogP contribution is 2.44. The van der Waals surface area contributed by atoms with Crippen molar-refractivity contribution in [3.05, 3.63) is 35.9 Å². The third kappa shape index (κ3) is 6.69. The summed E-state index contributed by atoms with van der Waals surface area (Å²) in [6, 6.07) is 9.48. The number of hydrogen-bond donors (Lipinski definition) is 1. The smallest absolute Gasteiger partial charge is 0.245 e. The minimum atomic E-state index is -2.19. The van der Waals surface area contributed by atoms with Crippen molar-refractivity contribution in [2.75, 3.05) is 6.54 Å². The Morgan fingerprint density at radius 1 is 1.03 bits per heavy atom. The predicted octanol–water partition coefficient (Wildman–Crippen LogP) is 5.70. The van der Waals surface area contributed by atoms with Gasteiger partial charge in [0.15, 0.2) is 0 Å². The van der Waals surface area contributed by atoms with Gasteiger partial charge in [-0.1, -0.05) is 71.9 Å². The van der Waals surface area contributed by atoms with Crippen LogP contribution in [0.25, 0.3) is 0 Å². The van der Waals surface area contributed by atoms with E-state index in [-0.39, 0.29) is 23.5 Å². The Kier molecular flexibility index (Phi) is 9.34. The van der Waals surface area contributed by atoms with E-state index in [2.05, 4.69) is 46.9 Å². The average molecular weight is 475 g/mol. The van der Waals surface area contributed by atoms with E-state index in [1.807, 2.05) is 51.1 Å². The molecule has 2 atom stereocenters. The summed E-state index contributed by atoms with van der Waals surface area (Å²) in [4.78, 5) is 28.6. The van der Waals surface area contributed by atoms with Crippen LogP contribution in [0, 0.1) is 0 Å². The van der Waals surface area contributed by atoms with Crippen LogP contribution in [0.15, 0.2) is 30.3 Å². The molecule has 1 aromatic carbocycles. The van der Waals surface area contributed by atoms with Crippen LogP contribution < -0.4 is 5.32 Å². The fourth-order valence-corrected chi connectivity index (χ4v) is 11.2. The summed E-state index contributed by atoms with van der Waals surface area (Å²) in [5.41, 5.74) is 2.04. The molecule has 0 saturated carbocycles. The van der Waals surface area contributed by atoms with Crippen LogP contribution in [0.2, 0.25) is 16.6 Å². The number of nitrogens with zero attached hydrogens (tertiary/aromatic N) is 1. The Hall–Kier alpha value is -1.66. The molecule has 2 rings (SSSR count). The van der Waals surface area contributed by atoms with E-state index in [9.17, 15) is 9.59 Å². The van der Waals surface area contributed by atoms with Crippen LogP contribution in [0.1, 0.15) is 80.7 Å². The molecule has 6 heteroatoms. The number of hydrogen-bond acceptors (Lipinski definition) is 3. The van der Waals surface area contributed by atoms with Gasteiger partial charge in [-0.3, -0.25) is 9.59 Å². The number of amides is 2. The number of rotatable bonds is 9. The molecule has 1 fully saturated rings. The van der Waals surface area contributed by atoms with Crippen molar-refractivity contribution in [1.29, 1.82) is 0 Å². The first-order valence-electron chi connectivity index (χ1n) is 12.6. The molecule has 0 spiro atoms. The molecule has 1 aliphatic heterocycles. The summed E-state index contributed by atoms with van der Waals surface area (Å²) in [5.74, 6) is -0.0675. The van der Waals surface area contributed by atoms with Crippen molar-refractivity contribution < 1.29 is 14.0 Å². The highest BCUT2D eigenvalue weighted by Gasteiger charge is 2.51. The van der Waals surface area contributed by atoms with Crippen molar-refractivity contribution in [1.82, 2.24) is 10.2 Å². The van der Waals surface area contributed by atoms with Gasteiger partial charge in [0.25, 0.3) is 0 Å². The molecular formula is C27H46N2O3Si. The van der Waals surface area contributed by atoms with E-state index in [0.717, 1.165) is 5.56 Å². The fourth-order valence-electron chi connectivity index (χ4n) is 5.63. The van der Waals surface area contributed by atoms with Crippen LogP contribution >= 0.6 is 0 Å². The van der Waals surface area contributed by atoms with Gasteiger partial charge in [-0.2, -0.15) is 0 Å². The fraction of sp³-hybridized carbons (Fsp3) is 0.704. The molecule has 0 bridgehead atoms. The third-order valence-corrected chi connectivity index (χ3v) is 13.1. The van der Waals surface area contributed by atoms with Crippen molar-refractivity contribution in [3.63, 3.8) is 0 Å². The lowest BCUT2D eigenvalue weighted by molar-refractivity contribution is -0.141. The number of aryl methyl sites for hydroxylation is 1. The molecule has 1 heterocycles. The van der Waals surface area contributed by atoms with Crippen LogP contribution in [0.5, 0.6) is 0 Å². The first kappa shape index (κ1) is 27.6. The zero-order valence-electron chi connectivity index (χ0n) is 22.3. The largest absolute Gasteiger partial charge is 0.410 e. The summed E-state index contributed by atoms with van der Waals surface area (Å²) in [6.07, 6.45) is 1.53. The molecular weight excluding hydrogens is 428 g/mol. The van der Waals surface area contributed by atoms with E-state index < -0.39 is 14.4 Å². The van der Waals surface area contributed by atoms with E-state index in [1.54, 1.807) is 4.90 Å². The Morgan fingerprint density at radius 3 is 2.06 bits per heavy atom. The molecule has 0 unspecified atom stereocenters. The SMILES string of the molecule is CC(C)[Si](O[C@H]1CCN(C(=O)CCc2ccccc2)[C@H]1C(=O)NC(C)(C)C)(C(C)C)C(C)C. The summed E-state index contributed by atoms with van der Waals surface area (Å²) in [6.45, 7) is 20.1. The second-order valence-corrected chi connectivity index (χ2v) is 16.9. The standard InChI is InChI=1S/C27H46N2O3Si/c1-19(2)33(20(3)4,21(5)6)32-23-17-18-29(25(23)26(31)28-27(7,8)9)24(30)16-15-22-13-11-10-12-14-22/h10-14,19-21,23,25H,15-18H2,1-9H3,(H,28,31)/t23-,25+/m0/s1. The molecule has 1 aromatic rings. The van der Waals surface area contributed by atoms with Crippen LogP contribution in [0.4, 0.5) is 0 Å². The van der Waals surface area contributed by atoms with Crippen LogP contribution in [0.3, 0.4) is 0 Å². The number of carbonyl (C=O) groups excluding carboxylic acids is 2. The molecule has 186 valence electrons.